The molecule has 3 rings (SSSR count). The Bertz CT molecular complexity index is 938. The molecule has 3 aromatic carbocycles. The van der Waals surface area contributed by atoms with Crippen LogP contribution in [0, 0.1) is 0 Å². The Labute approximate surface area is 202 Å². The average molecular weight is 465 g/mol. The van der Waals surface area contributed by atoms with Crippen molar-refractivity contribution in [2.75, 3.05) is 26.3 Å². The van der Waals surface area contributed by atoms with Crippen LogP contribution in [0.3, 0.4) is 0 Å². The molecule has 6 nitrogen and oxygen atoms in total. The molecule has 0 aromatic heterocycles. The number of benzene rings is 3. The van der Waals surface area contributed by atoms with Crippen molar-refractivity contribution in [3.63, 3.8) is 0 Å². The normalized spacial score (nSPS) is 13.9. The molecule has 182 valence electrons. The number of nitrogens with two attached hydrogens (primary N) is 1. The van der Waals surface area contributed by atoms with Gasteiger partial charge in [-0.15, -0.1) is 0 Å². The van der Waals surface area contributed by atoms with E-state index < -0.39 is 12.3 Å². The highest BCUT2D eigenvalue weighted by atomic mass is 16.5. The van der Waals surface area contributed by atoms with Crippen LogP contribution in [0.25, 0.3) is 0 Å². The number of para-hydroxylation sites is 1. The highest BCUT2D eigenvalue weighted by molar-refractivity contribution is 5.28. The van der Waals surface area contributed by atoms with Gasteiger partial charge in [0.1, 0.15) is 37.0 Å². The fraction of sp³-hybridized carbons (Fsp3) is 0.357. The van der Waals surface area contributed by atoms with Crippen LogP contribution in [0.2, 0.25) is 0 Å². The van der Waals surface area contributed by atoms with Crippen LogP contribution in [0.5, 0.6) is 11.5 Å². The smallest absolute Gasteiger partial charge is 0.119 e. The van der Waals surface area contributed by atoms with Gasteiger partial charge in [-0.3, -0.25) is 4.90 Å². The molecule has 0 aliphatic carbocycles. The van der Waals surface area contributed by atoms with Gasteiger partial charge in [-0.2, -0.15) is 0 Å². The van der Waals surface area contributed by atoms with Crippen molar-refractivity contribution >= 4 is 0 Å². The SMILES string of the molecule is C[C@H](Cc1ccc(OCCN)cc1)N(C[C@H](O)COc1ccccc1)[C@H](O)Cc1ccccc1. The van der Waals surface area contributed by atoms with Crippen LogP contribution < -0.4 is 15.2 Å². The molecule has 3 atom stereocenters. The Morgan fingerprint density at radius 2 is 1.35 bits per heavy atom. The van der Waals surface area contributed by atoms with Crippen molar-refractivity contribution in [2.24, 2.45) is 5.73 Å². The molecule has 34 heavy (non-hydrogen) atoms. The first-order chi connectivity index (χ1) is 16.5. The minimum atomic E-state index is -0.750. The van der Waals surface area contributed by atoms with Crippen LogP contribution in [0.1, 0.15) is 18.1 Å². The van der Waals surface area contributed by atoms with Gasteiger partial charge in [-0.25, -0.2) is 0 Å². The molecule has 0 heterocycles. The number of ether oxygens (including phenoxy) is 2. The second-order valence-corrected chi connectivity index (χ2v) is 8.48. The number of nitrogens with zero attached hydrogens (tertiary/aromatic N) is 1. The second-order valence-electron chi connectivity index (χ2n) is 8.48. The van der Waals surface area contributed by atoms with E-state index in [1.54, 1.807) is 0 Å². The molecule has 0 unspecified atom stereocenters. The summed E-state index contributed by atoms with van der Waals surface area (Å²) in [6.07, 6.45) is -0.297. The molecule has 0 spiro atoms. The Morgan fingerprint density at radius 3 is 2.00 bits per heavy atom. The van der Waals surface area contributed by atoms with E-state index in [1.807, 2.05) is 89.8 Å². The van der Waals surface area contributed by atoms with E-state index in [1.165, 1.54) is 0 Å². The Balaban J connectivity index is 1.65. The van der Waals surface area contributed by atoms with E-state index in [0.717, 1.165) is 23.3 Å². The minimum Gasteiger partial charge on any atom is -0.492 e. The van der Waals surface area contributed by atoms with Gasteiger partial charge in [0.2, 0.25) is 0 Å². The van der Waals surface area contributed by atoms with Crippen LogP contribution >= 0.6 is 0 Å². The van der Waals surface area contributed by atoms with Gasteiger partial charge in [0.15, 0.2) is 0 Å². The summed E-state index contributed by atoms with van der Waals surface area (Å²) in [6, 6.07) is 27.2. The molecule has 0 amide bonds. The summed E-state index contributed by atoms with van der Waals surface area (Å²) >= 11 is 0. The van der Waals surface area contributed by atoms with Crippen LogP contribution in [0.15, 0.2) is 84.9 Å². The quantitative estimate of drug-likeness (QED) is 0.318. The monoisotopic (exact) mass is 464 g/mol. The lowest BCUT2D eigenvalue weighted by atomic mass is 10.0. The van der Waals surface area contributed by atoms with Gasteiger partial charge in [0.25, 0.3) is 0 Å². The maximum Gasteiger partial charge on any atom is 0.119 e. The fourth-order valence-electron chi connectivity index (χ4n) is 3.90. The molecule has 0 radical (unpaired) electrons. The standard InChI is InChI=1S/C28H36N2O4/c1-22(18-24-12-14-27(15-13-24)33-17-16-29)30(28(32)19-23-8-4-2-5-9-23)20-25(31)21-34-26-10-6-3-7-11-26/h2-15,22,25,28,31-32H,16-21,29H2,1H3/t22-,25+,28-/m1/s1. The van der Waals surface area contributed by atoms with Crippen molar-refractivity contribution in [3.8, 4) is 11.5 Å². The molecular formula is C28H36N2O4. The van der Waals surface area contributed by atoms with Crippen LogP contribution in [0.4, 0.5) is 0 Å². The summed E-state index contributed by atoms with van der Waals surface area (Å²) in [5, 5.41) is 21.9. The summed E-state index contributed by atoms with van der Waals surface area (Å²) < 4.78 is 11.3. The largest absolute Gasteiger partial charge is 0.492 e. The predicted octanol–water partition coefficient (Wildman–Crippen LogP) is 3.26. The first kappa shape index (κ1) is 25.7. The van der Waals surface area contributed by atoms with Crippen molar-refractivity contribution in [1.82, 2.24) is 4.90 Å². The average Bonchev–Trinajstić information content (AvgIpc) is 2.86. The number of hydrogen-bond acceptors (Lipinski definition) is 6. The summed E-state index contributed by atoms with van der Waals surface area (Å²) in [6.45, 7) is 3.47. The Kier molecular flexibility index (Phi) is 10.4. The predicted molar refractivity (Wildman–Crippen MR) is 135 cm³/mol. The molecule has 6 heteroatoms. The zero-order valence-corrected chi connectivity index (χ0v) is 19.8. The molecule has 0 aliphatic rings. The third-order valence-electron chi connectivity index (χ3n) is 5.66. The highest BCUT2D eigenvalue weighted by Gasteiger charge is 2.25. The molecule has 0 fully saturated rings. The lowest BCUT2D eigenvalue weighted by molar-refractivity contribution is -0.0506. The van der Waals surface area contributed by atoms with Crippen LogP contribution in [-0.4, -0.2) is 59.8 Å². The summed E-state index contributed by atoms with van der Waals surface area (Å²) in [5.41, 5.74) is 7.67. The maximum absolute atomic E-state index is 11.1. The molecule has 0 saturated carbocycles. The molecular weight excluding hydrogens is 428 g/mol. The van der Waals surface area contributed by atoms with Gasteiger partial charge in [0.05, 0.1) is 0 Å². The molecule has 0 bridgehead atoms. The van der Waals surface area contributed by atoms with Gasteiger partial charge in [0, 0.05) is 25.6 Å². The third-order valence-corrected chi connectivity index (χ3v) is 5.66. The van der Waals surface area contributed by atoms with Crippen LogP contribution in [-0.2, 0) is 12.8 Å². The summed E-state index contributed by atoms with van der Waals surface area (Å²) in [5.74, 6) is 1.50. The summed E-state index contributed by atoms with van der Waals surface area (Å²) in [4.78, 5) is 1.95. The summed E-state index contributed by atoms with van der Waals surface area (Å²) in [7, 11) is 0. The molecule has 0 saturated heterocycles. The van der Waals surface area contributed by atoms with Crippen molar-refractivity contribution < 1.29 is 19.7 Å². The molecule has 3 aromatic rings. The Hall–Kier alpha value is -2.90. The van der Waals surface area contributed by atoms with Gasteiger partial charge in [-0.1, -0.05) is 60.7 Å². The molecule has 4 N–H and O–H groups in total. The van der Waals surface area contributed by atoms with Crippen molar-refractivity contribution in [1.29, 1.82) is 0 Å². The van der Waals surface area contributed by atoms with Crippen molar-refractivity contribution in [3.05, 3.63) is 96.1 Å². The number of rotatable bonds is 14. The highest BCUT2D eigenvalue weighted by Crippen LogP contribution is 2.18. The fourth-order valence-corrected chi connectivity index (χ4v) is 3.90. The topological polar surface area (TPSA) is 88.2 Å². The number of aliphatic hydroxyl groups excluding tert-OH is 2. The lowest BCUT2D eigenvalue weighted by Crippen LogP contribution is -2.48. The van der Waals surface area contributed by atoms with E-state index in [2.05, 4.69) is 6.92 Å². The van der Waals surface area contributed by atoms with Gasteiger partial charge in [-0.05, 0) is 48.7 Å². The van der Waals surface area contributed by atoms with E-state index in [0.29, 0.717) is 31.9 Å². The maximum atomic E-state index is 11.1. The first-order valence-corrected chi connectivity index (χ1v) is 11.8. The second kappa shape index (κ2) is 13.7. The lowest BCUT2D eigenvalue weighted by Gasteiger charge is -2.35. The number of hydrogen-bond donors (Lipinski definition) is 3. The third kappa shape index (κ3) is 8.47. The minimum absolute atomic E-state index is 0.0131. The van der Waals surface area contributed by atoms with E-state index >= 15 is 0 Å². The Morgan fingerprint density at radius 1 is 0.765 bits per heavy atom. The van der Waals surface area contributed by atoms with E-state index in [-0.39, 0.29) is 12.6 Å². The van der Waals surface area contributed by atoms with Gasteiger partial charge < -0.3 is 25.4 Å². The van der Waals surface area contributed by atoms with Crippen molar-refractivity contribution in [2.45, 2.75) is 38.1 Å². The first-order valence-electron chi connectivity index (χ1n) is 11.8. The number of aliphatic hydroxyl groups is 2. The van der Waals surface area contributed by atoms with E-state index in [4.69, 9.17) is 15.2 Å². The molecule has 0 aliphatic heterocycles. The van der Waals surface area contributed by atoms with Gasteiger partial charge >= 0.3 is 0 Å². The zero-order chi connectivity index (χ0) is 24.2. The zero-order valence-electron chi connectivity index (χ0n) is 19.8. The van der Waals surface area contributed by atoms with E-state index in [9.17, 15) is 10.2 Å².